The molecule has 0 aliphatic heterocycles. The third-order valence-electron chi connectivity index (χ3n) is 2.12. The molecule has 0 heterocycles. The molecule has 1 aromatic carbocycles. The normalized spacial score (nSPS) is 11.9. The first kappa shape index (κ1) is 13.8. The zero-order valence-corrected chi connectivity index (χ0v) is 9.21. The van der Waals surface area contributed by atoms with Crippen molar-refractivity contribution in [3.63, 3.8) is 0 Å². The van der Waals surface area contributed by atoms with E-state index in [1.165, 1.54) is 0 Å². The largest absolute Gasteiger partial charge is 0.487 e. The number of nitrogens with zero attached hydrogens (tertiary/aromatic N) is 1. The molecule has 1 rings (SSSR count). The van der Waals surface area contributed by atoms with Crippen LogP contribution in [0, 0.1) is 15.9 Å². The van der Waals surface area contributed by atoms with Crippen molar-refractivity contribution in [3.05, 3.63) is 34.1 Å². The number of carboxylic acid groups (broad SMARTS) is 1. The van der Waals surface area contributed by atoms with E-state index in [1.807, 2.05) is 0 Å². The first-order chi connectivity index (χ1) is 8.41. The molecular weight excluding hydrogens is 247 g/mol. The Bertz CT molecular complexity index is 466. The van der Waals surface area contributed by atoms with E-state index in [2.05, 4.69) is 0 Å². The fourth-order valence-corrected chi connectivity index (χ4v) is 1.17. The molecule has 1 aromatic rings. The van der Waals surface area contributed by atoms with Crippen LogP contribution in [0.25, 0.3) is 0 Å². The molecule has 0 spiro atoms. The minimum Gasteiger partial charge on any atom is -0.487 e. The van der Waals surface area contributed by atoms with Gasteiger partial charge in [-0.05, 0) is 12.1 Å². The third kappa shape index (κ3) is 3.67. The summed E-state index contributed by atoms with van der Waals surface area (Å²) in [6.07, 6.45) is -0.0101. The summed E-state index contributed by atoms with van der Waals surface area (Å²) in [5.74, 6) is -2.07. The molecule has 0 fully saturated rings. The number of carbonyl (C=O) groups is 1. The van der Waals surface area contributed by atoms with Gasteiger partial charge >= 0.3 is 11.7 Å². The number of aliphatic carboxylic acids is 1. The monoisotopic (exact) mass is 258 g/mol. The van der Waals surface area contributed by atoms with E-state index in [4.69, 9.17) is 15.6 Å². The van der Waals surface area contributed by atoms with Crippen LogP contribution in [0.5, 0.6) is 5.75 Å². The summed E-state index contributed by atoms with van der Waals surface area (Å²) in [6, 6.07) is 1.75. The second kappa shape index (κ2) is 5.92. The van der Waals surface area contributed by atoms with Crippen molar-refractivity contribution < 1.29 is 24.0 Å². The molecule has 1 unspecified atom stereocenters. The fraction of sp³-hybridized carbons (Fsp3) is 0.300. The van der Waals surface area contributed by atoms with Crippen LogP contribution in [-0.4, -0.2) is 28.6 Å². The van der Waals surface area contributed by atoms with Crippen molar-refractivity contribution >= 4 is 11.7 Å². The maximum atomic E-state index is 12.8. The Labute approximate surface area is 101 Å². The predicted molar refractivity (Wildman–Crippen MR) is 58.8 cm³/mol. The third-order valence-corrected chi connectivity index (χ3v) is 2.12. The van der Waals surface area contributed by atoms with Gasteiger partial charge < -0.3 is 15.6 Å². The molecule has 0 amide bonds. The number of nitrogens with two attached hydrogens (primary N) is 1. The summed E-state index contributed by atoms with van der Waals surface area (Å²) in [4.78, 5) is 20.3. The fourth-order valence-electron chi connectivity index (χ4n) is 1.17. The number of hydrogen-bond donors (Lipinski definition) is 2. The molecular formula is C10H11FN2O5. The van der Waals surface area contributed by atoms with Crippen molar-refractivity contribution in [3.8, 4) is 5.75 Å². The molecule has 0 aromatic heterocycles. The van der Waals surface area contributed by atoms with Gasteiger partial charge in [-0.25, -0.2) is 4.39 Å². The Hall–Kier alpha value is -2.22. The van der Waals surface area contributed by atoms with Gasteiger partial charge in [0.05, 0.1) is 17.6 Å². The van der Waals surface area contributed by atoms with Gasteiger partial charge in [0.1, 0.15) is 11.9 Å². The molecule has 1 atom stereocenters. The zero-order valence-electron chi connectivity index (χ0n) is 9.21. The predicted octanol–water partition coefficient (Wildman–Crippen LogP) is 0.915. The number of benzene rings is 1. The lowest BCUT2D eigenvalue weighted by atomic mass is 10.2. The first-order valence-electron chi connectivity index (χ1n) is 4.97. The Morgan fingerprint density at radius 1 is 1.61 bits per heavy atom. The summed E-state index contributed by atoms with van der Waals surface area (Å²) in [5.41, 5.74) is 4.71. The molecule has 0 saturated heterocycles. The standard InChI is InChI=1S/C10H11FN2O5/c11-6-1-2-9(8(5-6)13(16)17)18-4-3-7(12)10(14)15/h1-2,5,7H,3-4,12H2,(H,14,15). The van der Waals surface area contributed by atoms with E-state index in [0.717, 1.165) is 18.2 Å². The number of carboxylic acids is 1. The van der Waals surface area contributed by atoms with E-state index in [0.29, 0.717) is 0 Å². The molecule has 0 aliphatic carbocycles. The minimum atomic E-state index is -1.19. The van der Waals surface area contributed by atoms with Crippen LogP contribution < -0.4 is 10.5 Å². The topological polar surface area (TPSA) is 116 Å². The van der Waals surface area contributed by atoms with Crippen LogP contribution in [0.3, 0.4) is 0 Å². The van der Waals surface area contributed by atoms with Gasteiger partial charge in [-0.2, -0.15) is 0 Å². The van der Waals surface area contributed by atoms with Gasteiger partial charge in [0.2, 0.25) is 0 Å². The summed E-state index contributed by atoms with van der Waals surface area (Å²) >= 11 is 0. The summed E-state index contributed by atoms with van der Waals surface area (Å²) in [6.45, 7) is -0.111. The highest BCUT2D eigenvalue weighted by Gasteiger charge is 2.17. The summed E-state index contributed by atoms with van der Waals surface area (Å²) < 4.78 is 17.8. The van der Waals surface area contributed by atoms with Crippen LogP contribution in [0.15, 0.2) is 18.2 Å². The van der Waals surface area contributed by atoms with Gasteiger partial charge in [-0.15, -0.1) is 0 Å². The number of rotatable bonds is 6. The maximum absolute atomic E-state index is 12.8. The van der Waals surface area contributed by atoms with Crippen molar-refractivity contribution in [2.45, 2.75) is 12.5 Å². The highest BCUT2D eigenvalue weighted by Crippen LogP contribution is 2.27. The average molecular weight is 258 g/mol. The molecule has 3 N–H and O–H groups in total. The molecule has 18 heavy (non-hydrogen) atoms. The van der Waals surface area contributed by atoms with E-state index in [9.17, 15) is 19.3 Å². The van der Waals surface area contributed by atoms with E-state index in [-0.39, 0.29) is 18.8 Å². The van der Waals surface area contributed by atoms with Crippen LogP contribution >= 0.6 is 0 Å². The minimum absolute atomic E-state index is 0.0101. The van der Waals surface area contributed by atoms with Crippen LogP contribution in [0.1, 0.15) is 6.42 Å². The zero-order chi connectivity index (χ0) is 13.7. The molecule has 0 saturated carbocycles. The van der Waals surface area contributed by atoms with Gasteiger partial charge in [0.25, 0.3) is 0 Å². The Morgan fingerprint density at radius 3 is 2.83 bits per heavy atom. The lowest BCUT2D eigenvalue weighted by Crippen LogP contribution is -2.31. The smallest absolute Gasteiger partial charge is 0.320 e. The Morgan fingerprint density at radius 2 is 2.28 bits per heavy atom. The van der Waals surface area contributed by atoms with Gasteiger partial charge in [-0.1, -0.05) is 0 Å². The summed E-state index contributed by atoms with van der Waals surface area (Å²) in [7, 11) is 0. The second-order valence-electron chi connectivity index (χ2n) is 3.45. The van der Waals surface area contributed by atoms with E-state index in [1.54, 1.807) is 0 Å². The molecule has 0 radical (unpaired) electrons. The van der Waals surface area contributed by atoms with E-state index >= 15 is 0 Å². The number of nitro benzene ring substituents is 1. The quantitative estimate of drug-likeness (QED) is 0.578. The molecule has 0 aliphatic rings. The maximum Gasteiger partial charge on any atom is 0.320 e. The van der Waals surface area contributed by atoms with Crippen molar-refractivity contribution in [2.24, 2.45) is 5.73 Å². The molecule has 7 nitrogen and oxygen atoms in total. The molecule has 8 heteroatoms. The molecule has 0 bridgehead atoms. The second-order valence-corrected chi connectivity index (χ2v) is 3.45. The van der Waals surface area contributed by atoms with Gasteiger partial charge in [0.15, 0.2) is 5.75 Å². The van der Waals surface area contributed by atoms with Crippen molar-refractivity contribution in [1.82, 2.24) is 0 Å². The summed E-state index contributed by atoms with van der Waals surface area (Å²) in [5, 5.41) is 19.1. The number of halogens is 1. The van der Waals surface area contributed by atoms with Crippen LogP contribution in [-0.2, 0) is 4.79 Å². The van der Waals surface area contributed by atoms with Gasteiger partial charge in [0, 0.05) is 6.42 Å². The number of hydrogen-bond acceptors (Lipinski definition) is 5. The first-order valence-corrected chi connectivity index (χ1v) is 4.97. The van der Waals surface area contributed by atoms with Crippen molar-refractivity contribution in [1.29, 1.82) is 0 Å². The average Bonchev–Trinajstić information content (AvgIpc) is 2.30. The van der Waals surface area contributed by atoms with Gasteiger partial charge in [-0.3, -0.25) is 14.9 Å². The number of ether oxygens (including phenoxy) is 1. The highest BCUT2D eigenvalue weighted by atomic mass is 19.1. The number of nitro groups is 1. The Kier molecular flexibility index (Phi) is 4.55. The van der Waals surface area contributed by atoms with Crippen molar-refractivity contribution in [2.75, 3.05) is 6.61 Å². The highest BCUT2D eigenvalue weighted by molar-refractivity contribution is 5.72. The Balaban J connectivity index is 2.67. The van der Waals surface area contributed by atoms with Crippen LogP contribution in [0.2, 0.25) is 0 Å². The SMILES string of the molecule is NC(CCOc1ccc(F)cc1[N+](=O)[O-])C(=O)O. The lowest BCUT2D eigenvalue weighted by molar-refractivity contribution is -0.386. The van der Waals surface area contributed by atoms with Crippen LogP contribution in [0.4, 0.5) is 10.1 Å². The molecule has 98 valence electrons. The lowest BCUT2D eigenvalue weighted by Gasteiger charge is -2.08. The van der Waals surface area contributed by atoms with E-state index < -0.39 is 28.4 Å².